The predicted molar refractivity (Wildman–Crippen MR) is 76.3 cm³/mol. The fourth-order valence-electron chi connectivity index (χ4n) is 1.85. The van der Waals surface area contributed by atoms with E-state index in [9.17, 15) is 14.9 Å². The van der Waals surface area contributed by atoms with Crippen LogP contribution < -0.4 is 5.56 Å². The molecule has 7 heteroatoms. The molecular weight excluding hydrogens is 326 g/mol. The van der Waals surface area contributed by atoms with Gasteiger partial charge in [0.05, 0.1) is 9.40 Å². The van der Waals surface area contributed by atoms with E-state index in [0.29, 0.717) is 21.3 Å². The van der Waals surface area contributed by atoms with Gasteiger partial charge < -0.3 is 4.98 Å². The highest BCUT2D eigenvalue weighted by Gasteiger charge is 2.16. The van der Waals surface area contributed by atoms with Gasteiger partial charge in [-0.2, -0.15) is 5.26 Å². The summed E-state index contributed by atoms with van der Waals surface area (Å²) in [5.74, 6) is 0. The minimum atomic E-state index is -0.528. The second kappa shape index (κ2) is 5.27. The lowest BCUT2D eigenvalue weighted by Crippen LogP contribution is -2.12. The number of nitrogens with one attached hydrogen (secondary N) is 1. The summed E-state index contributed by atoms with van der Waals surface area (Å²) in [5, 5.41) is 20.0. The van der Waals surface area contributed by atoms with Crippen molar-refractivity contribution in [3.05, 3.63) is 60.5 Å². The van der Waals surface area contributed by atoms with Crippen LogP contribution in [0, 0.1) is 28.4 Å². The quantitative estimate of drug-likeness (QED) is 0.674. The SMILES string of the molecule is Cc1cc(-c2ccc(Br)c([N+](=O)[O-])c2)c(C#N)c(=O)[nH]1. The number of H-pyrrole nitrogens is 1. The molecule has 0 atom stereocenters. The van der Waals surface area contributed by atoms with Crippen LogP contribution in [0.1, 0.15) is 11.3 Å². The summed E-state index contributed by atoms with van der Waals surface area (Å²) in [5.41, 5.74) is 0.717. The number of nitrogens with zero attached hydrogens (tertiary/aromatic N) is 2. The molecule has 0 aliphatic rings. The van der Waals surface area contributed by atoms with Gasteiger partial charge in [0.2, 0.25) is 0 Å². The molecule has 2 rings (SSSR count). The van der Waals surface area contributed by atoms with Gasteiger partial charge in [-0.3, -0.25) is 14.9 Å². The Labute approximate surface area is 122 Å². The van der Waals surface area contributed by atoms with Gasteiger partial charge in [0, 0.05) is 17.3 Å². The highest BCUT2D eigenvalue weighted by molar-refractivity contribution is 9.10. The zero-order valence-electron chi connectivity index (χ0n) is 10.3. The first-order valence-electron chi connectivity index (χ1n) is 5.52. The molecule has 1 heterocycles. The third kappa shape index (κ3) is 2.46. The second-order valence-electron chi connectivity index (χ2n) is 4.11. The number of pyridine rings is 1. The first kappa shape index (κ1) is 14.0. The number of aromatic amines is 1. The number of hydrogen-bond acceptors (Lipinski definition) is 4. The first-order valence-corrected chi connectivity index (χ1v) is 6.31. The number of aryl methyl sites for hydroxylation is 1. The van der Waals surface area contributed by atoms with E-state index >= 15 is 0 Å². The van der Waals surface area contributed by atoms with E-state index in [1.807, 2.05) is 6.07 Å². The standard InChI is InChI=1S/C13H8BrN3O3/c1-7-4-9(10(6-15)13(18)16-7)8-2-3-11(14)12(5-8)17(19)20/h2-5H,1H3,(H,16,18). The van der Waals surface area contributed by atoms with Crippen LogP contribution in [0.3, 0.4) is 0 Å². The van der Waals surface area contributed by atoms with Crippen LogP contribution in [0.25, 0.3) is 11.1 Å². The molecule has 0 radical (unpaired) electrons. The zero-order chi connectivity index (χ0) is 14.9. The number of nitriles is 1. The van der Waals surface area contributed by atoms with Crippen LogP contribution >= 0.6 is 15.9 Å². The number of rotatable bonds is 2. The fourth-order valence-corrected chi connectivity index (χ4v) is 2.24. The largest absolute Gasteiger partial charge is 0.325 e. The van der Waals surface area contributed by atoms with Crippen LogP contribution in [0.5, 0.6) is 0 Å². The van der Waals surface area contributed by atoms with E-state index < -0.39 is 10.5 Å². The highest BCUT2D eigenvalue weighted by atomic mass is 79.9. The summed E-state index contributed by atoms with van der Waals surface area (Å²) in [7, 11) is 0. The Balaban J connectivity index is 2.76. The van der Waals surface area contributed by atoms with Crippen LogP contribution in [0.4, 0.5) is 5.69 Å². The van der Waals surface area contributed by atoms with Gasteiger partial charge in [0.25, 0.3) is 11.2 Å². The molecule has 1 aromatic carbocycles. The third-order valence-electron chi connectivity index (χ3n) is 2.73. The number of benzene rings is 1. The number of nitro benzene ring substituents is 1. The normalized spacial score (nSPS) is 10.1. The molecule has 0 bridgehead atoms. The number of halogens is 1. The second-order valence-corrected chi connectivity index (χ2v) is 4.96. The van der Waals surface area contributed by atoms with Gasteiger partial charge >= 0.3 is 0 Å². The third-order valence-corrected chi connectivity index (χ3v) is 3.40. The molecule has 2 aromatic rings. The van der Waals surface area contributed by atoms with Gasteiger partial charge in [-0.25, -0.2) is 0 Å². The van der Waals surface area contributed by atoms with Gasteiger partial charge in [-0.05, 0) is 40.5 Å². The first-order chi connectivity index (χ1) is 9.43. The number of aromatic nitrogens is 1. The maximum absolute atomic E-state index is 11.7. The molecule has 100 valence electrons. The summed E-state index contributed by atoms with van der Waals surface area (Å²) in [6, 6.07) is 7.91. The monoisotopic (exact) mass is 333 g/mol. The molecule has 0 aliphatic carbocycles. The maximum Gasteiger partial charge on any atom is 0.284 e. The van der Waals surface area contributed by atoms with E-state index in [1.165, 1.54) is 12.1 Å². The van der Waals surface area contributed by atoms with E-state index in [0.717, 1.165) is 0 Å². The Morgan fingerprint density at radius 1 is 1.40 bits per heavy atom. The van der Waals surface area contributed by atoms with Crippen molar-refractivity contribution in [2.24, 2.45) is 0 Å². The molecule has 0 amide bonds. The van der Waals surface area contributed by atoms with Crippen molar-refractivity contribution in [3.8, 4) is 17.2 Å². The molecule has 0 fully saturated rings. The molecule has 0 saturated heterocycles. The van der Waals surface area contributed by atoms with Crippen molar-refractivity contribution in [1.29, 1.82) is 5.26 Å². The molecular formula is C13H8BrN3O3. The Kier molecular flexibility index (Phi) is 3.68. The van der Waals surface area contributed by atoms with Crippen LogP contribution in [0.15, 0.2) is 33.5 Å². The van der Waals surface area contributed by atoms with Crippen molar-refractivity contribution in [2.75, 3.05) is 0 Å². The van der Waals surface area contributed by atoms with Crippen LogP contribution in [0.2, 0.25) is 0 Å². The smallest absolute Gasteiger partial charge is 0.284 e. The molecule has 0 aliphatic heterocycles. The van der Waals surface area contributed by atoms with Crippen molar-refractivity contribution in [3.63, 3.8) is 0 Å². The zero-order valence-corrected chi connectivity index (χ0v) is 11.9. The molecule has 0 unspecified atom stereocenters. The van der Waals surface area contributed by atoms with Gasteiger partial charge in [-0.15, -0.1) is 0 Å². The molecule has 1 N–H and O–H groups in total. The minimum absolute atomic E-state index is 0.0628. The van der Waals surface area contributed by atoms with Crippen LogP contribution in [-0.2, 0) is 0 Å². The average molecular weight is 334 g/mol. The maximum atomic E-state index is 11.7. The number of nitro groups is 1. The van der Waals surface area contributed by atoms with Gasteiger partial charge in [0.15, 0.2) is 0 Å². The van der Waals surface area contributed by atoms with Crippen molar-refractivity contribution < 1.29 is 4.92 Å². The Bertz CT molecular complexity index is 805. The summed E-state index contributed by atoms with van der Waals surface area (Å²) in [6.07, 6.45) is 0. The minimum Gasteiger partial charge on any atom is -0.325 e. The molecule has 6 nitrogen and oxygen atoms in total. The topological polar surface area (TPSA) is 99.8 Å². The summed E-state index contributed by atoms with van der Waals surface area (Å²) >= 11 is 3.09. The predicted octanol–water partition coefficient (Wildman–Crippen LogP) is 2.89. The molecule has 1 aromatic heterocycles. The number of hydrogen-bond donors (Lipinski definition) is 1. The average Bonchev–Trinajstić information content (AvgIpc) is 2.38. The summed E-state index contributed by atoms with van der Waals surface area (Å²) < 4.78 is 0.339. The van der Waals surface area contributed by atoms with E-state index in [2.05, 4.69) is 20.9 Å². The Hall–Kier alpha value is -2.46. The van der Waals surface area contributed by atoms with Crippen molar-refractivity contribution in [1.82, 2.24) is 4.98 Å². The lowest BCUT2D eigenvalue weighted by atomic mass is 10.0. The summed E-state index contributed by atoms with van der Waals surface area (Å²) in [4.78, 5) is 24.7. The molecule has 20 heavy (non-hydrogen) atoms. The highest BCUT2D eigenvalue weighted by Crippen LogP contribution is 2.31. The Morgan fingerprint density at radius 3 is 2.70 bits per heavy atom. The van der Waals surface area contributed by atoms with E-state index in [4.69, 9.17) is 5.26 Å². The molecule has 0 saturated carbocycles. The fraction of sp³-hybridized carbons (Fsp3) is 0.0769. The van der Waals surface area contributed by atoms with Gasteiger partial charge in [0.1, 0.15) is 11.6 Å². The summed E-state index contributed by atoms with van der Waals surface area (Å²) in [6.45, 7) is 1.68. The lowest BCUT2D eigenvalue weighted by Gasteiger charge is -2.06. The lowest BCUT2D eigenvalue weighted by molar-refractivity contribution is -0.385. The Morgan fingerprint density at radius 2 is 2.10 bits per heavy atom. The van der Waals surface area contributed by atoms with Crippen LogP contribution in [-0.4, -0.2) is 9.91 Å². The molecule has 0 spiro atoms. The van der Waals surface area contributed by atoms with E-state index in [-0.39, 0.29) is 11.3 Å². The van der Waals surface area contributed by atoms with E-state index in [1.54, 1.807) is 19.1 Å². The van der Waals surface area contributed by atoms with Crippen molar-refractivity contribution >= 4 is 21.6 Å². The van der Waals surface area contributed by atoms with Gasteiger partial charge in [-0.1, -0.05) is 6.07 Å². The van der Waals surface area contributed by atoms with Crippen molar-refractivity contribution in [2.45, 2.75) is 6.92 Å².